The van der Waals surface area contributed by atoms with Crippen LogP contribution in [0.3, 0.4) is 0 Å². The van der Waals surface area contributed by atoms with Crippen LogP contribution in [0.1, 0.15) is 47.4 Å². The van der Waals surface area contributed by atoms with E-state index in [0.29, 0.717) is 28.8 Å². The number of aromatic nitrogens is 2. The SMILES string of the molecule is COc1ccc(/C(C)=N\NC(=O)c2cc(C3CC3)[nH]n2)cc1OC. The van der Waals surface area contributed by atoms with Crippen LogP contribution in [0.25, 0.3) is 0 Å². The number of H-pyrrole nitrogens is 1. The van der Waals surface area contributed by atoms with Crippen molar-refractivity contribution in [3.63, 3.8) is 0 Å². The van der Waals surface area contributed by atoms with Gasteiger partial charge in [-0.05, 0) is 44.0 Å². The Morgan fingerprint density at radius 1 is 1.25 bits per heavy atom. The van der Waals surface area contributed by atoms with Crippen molar-refractivity contribution < 1.29 is 14.3 Å². The molecule has 1 aliphatic rings. The molecule has 1 aliphatic carbocycles. The molecule has 7 nitrogen and oxygen atoms in total. The molecule has 126 valence electrons. The van der Waals surface area contributed by atoms with Crippen molar-refractivity contribution in [1.29, 1.82) is 0 Å². The molecule has 0 saturated heterocycles. The Balaban J connectivity index is 1.69. The van der Waals surface area contributed by atoms with Gasteiger partial charge in [0.05, 0.1) is 19.9 Å². The first-order chi connectivity index (χ1) is 11.6. The minimum Gasteiger partial charge on any atom is -0.493 e. The van der Waals surface area contributed by atoms with E-state index in [9.17, 15) is 4.79 Å². The number of aromatic amines is 1. The van der Waals surface area contributed by atoms with Crippen LogP contribution in [0, 0.1) is 0 Å². The van der Waals surface area contributed by atoms with Crippen LogP contribution in [0.4, 0.5) is 0 Å². The van der Waals surface area contributed by atoms with Gasteiger partial charge in [0.2, 0.25) is 0 Å². The molecule has 3 rings (SSSR count). The number of hydrazone groups is 1. The van der Waals surface area contributed by atoms with Crippen LogP contribution < -0.4 is 14.9 Å². The van der Waals surface area contributed by atoms with E-state index in [2.05, 4.69) is 20.7 Å². The van der Waals surface area contributed by atoms with E-state index >= 15 is 0 Å². The van der Waals surface area contributed by atoms with Gasteiger partial charge < -0.3 is 9.47 Å². The molecule has 1 aromatic heterocycles. The molecule has 0 spiro atoms. The van der Waals surface area contributed by atoms with Crippen molar-refractivity contribution in [3.8, 4) is 11.5 Å². The molecule has 0 unspecified atom stereocenters. The predicted octanol–water partition coefficient (Wildman–Crippen LogP) is 2.46. The summed E-state index contributed by atoms with van der Waals surface area (Å²) in [6.45, 7) is 1.81. The second kappa shape index (κ2) is 6.74. The number of carbonyl (C=O) groups excluding carboxylic acids is 1. The minimum atomic E-state index is -0.335. The molecule has 2 aromatic rings. The molecule has 0 aliphatic heterocycles. The number of amides is 1. The summed E-state index contributed by atoms with van der Waals surface area (Å²) in [5.41, 5.74) is 5.38. The summed E-state index contributed by atoms with van der Waals surface area (Å²) in [4.78, 5) is 12.1. The third-order valence-electron chi connectivity index (χ3n) is 3.97. The third-order valence-corrected chi connectivity index (χ3v) is 3.97. The topological polar surface area (TPSA) is 88.6 Å². The number of nitrogens with one attached hydrogen (secondary N) is 2. The number of ether oxygens (including phenoxy) is 2. The summed E-state index contributed by atoms with van der Waals surface area (Å²) >= 11 is 0. The van der Waals surface area contributed by atoms with Gasteiger partial charge in [-0.25, -0.2) is 5.43 Å². The van der Waals surface area contributed by atoms with E-state index < -0.39 is 0 Å². The Morgan fingerprint density at radius 2 is 2.00 bits per heavy atom. The second-order valence-electron chi connectivity index (χ2n) is 5.69. The number of benzene rings is 1. The standard InChI is InChI=1S/C17H20N4O3/c1-10(12-6-7-15(23-2)16(8-12)24-3)18-21-17(22)14-9-13(19-20-14)11-4-5-11/h6-9,11H,4-5H2,1-3H3,(H,19,20)(H,21,22)/b18-10-. The molecule has 0 radical (unpaired) electrons. The van der Waals surface area contributed by atoms with Gasteiger partial charge in [0.15, 0.2) is 17.2 Å². The maximum atomic E-state index is 12.1. The number of rotatable bonds is 6. The van der Waals surface area contributed by atoms with Gasteiger partial charge in [0.25, 0.3) is 5.91 Å². The lowest BCUT2D eigenvalue weighted by molar-refractivity contribution is 0.0950. The smallest absolute Gasteiger partial charge is 0.291 e. The van der Waals surface area contributed by atoms with Gasteiger partial charge in [-0.15, -0.1) is 0 Å². The first kappa shape index (κ1) is 16.0. The molecule has 1 saturated carbocycles. The first-order valence-electron chi connectivity index (χ1n) is 7.74. The average molecular weight is 328 g/mol. The van der Waals surface area contributed by atoms with Crippen molar-refractivity contribution in [1.82, 2.24) is 15.6 Å². The highest BCUT2D eigenvalue weighted by atomic mass is 16.5. The molecule has 24 heavy (non-hydrogen) atoms. The molecule has 1 heterocycles. The van der Waals surface area contributed by atoms with E-state index in [-0.39, 0.29) is 5.91 Å². The Kier molecular flexibility index (Phi) is 4.50. The van der Waals surface area contributed by atoms with Crippen LogP contribution in [0.2, 0.25) is 0 Å². The molecular formula is C17H20N4O3. The van der Waals surface area contributed by atoms with E-state index in [4.69, 9.17) is 9.47 Å². The maximum Gasteiger partial charge on any atom is 0.291 e. The molecule has 0 bridgehead atoms. The Hall–Kier alpha value is -2.83. The summed E-state index contributed by atoms with van der Waals surface area (Å²) in [5, 5.41) is 11.1. The monoisotopic (exact) mass is 328 g/mol. The van der Waals surface area contributed by atoms with Crippen LogP contribution in [0.5, 0.6) is 11.5 Å². The van der Waals surface area contributed by atoms with Gasteiger partial charge >= 0.3 is 0 Å². The second-order valence-corrected chi connectivity index (χ2v) is 5.69. The Morgan fingerprint density at radius 3 is 2.67 bits per heavy atom. The fraction of sp³-hybridized carbons (Fsp3) is 0.353. The molecule has 1 fully saturated rings. The normalized spacial score (nSPS) is 14.4. The zero-order chi connectivity index (χ0) is 17.1. The lowest BCUT2D eigenvalue weighted by Gasteiger charge is -2.09. The summed E-state index contributed by atoms with van der Waals surface area (Å²) in [5.74, 6) is 1.44. The highest BCUT2D eigenvalue weighted by molar-refractivity contribution is 6.00. The molecule has 7 heteroatoms. The maximum absolute atomic E-state index is 12.1. The van der Waals surface area contributed by atoms with Gasteiger partial charge in [0.1, 0.15) is 0 Å². The lowest BCUT2D eigenvalue weighted by Crippen LogP contribution is -2.19. The van der Waals surface area contributed by atoms with Crippen LogP contribution in [-0.2, 0) is 0 Å². The average Bonchev–Trinajstić information content (AvgIpc) is 3.35. The predicted molar refractivity (Wildman–Crippen MR) is 89.8 cm³/mol. The molecule has 0 atom stereocenters. The number of carbonyl (C=O) groups is 1. The van der Waals surface area contributed by atoms with Crippen LogP contribution in [-0.4, -0.2) is 36.0 Å². The largest absolute Gasteiger partial charge is 0.493 e. The molecule has 2 N–H and O–H groups in total. The molecule has 1 amide bonds. The van der Waals surface area contributed by atoms with Gasteiger partial charge in [-0.1, -0.05) is 0 Å². The van der Waals surface area contributed by atoms with E-state index in [1.165, 1.54) is 0 Å². The van der Waals surface area contributed by atoms with Crippen LogP contribution >= 0.6 is 0 Å². The zero-order valence-electron chi connectivity index (χ0n) is 13.9. The zero-order valence-corrected chi connectivity index (χ0v) is 13.9. The highest BCUT2D eigenvalue weighted by Gasteiger charge is 2.26. The van der Waals surface area contributed by atoms with E-state index in [1.807, 2.05) is 19.1 Å². The van der Waals surface area contributed by atoms with E-state index in [0.717, 1.165) is 24.1 Å². The fourth-order valence-corrected chi connectivity index (χ4v) is 2.37. The number of nitrogens with zero attached hydrogens (tertiary/aromatic N) is 2. The minimum absolute atomic E-state index is 0.335. The Bertz CT molecular complexity index is 778. The van der Waals surface area contributed by atoms with E-state index in [1.54, 1.807) is 26.4 Å². The summed E-state index contributed by atoms with van der Waals surface area (Å²) in [6, 6.07) is 7.24. The fourth-order valence-electron chi connectivity index (χ4n) is 2.37. The van der Waals surface area contributed by atoms with Crippen LogP contribution in [0.15, 0.2) is 29.4 Å². The van der Waals surface area contributed by atoms with Crippen molar-refractivity contribution >= 4 is 11.6 Å². The summed E-state index contributed by atoms with van der Waals surface area (Å²) < 4.78 is 10.5. The van der Waals surface area contributed by atoms with Gasteiger partial charge in [0, 0.05) is 17.2 Å². The van der Waals surface area contributed by atoms with Crippen molar-refractivity contribution in [2.24, 2.45) is 5.10 Å². The Labute approximate surface area is 140 Å². The molecular weight excluding hydrogens is 308 g/mol. The quantitative estimate of drug-likeness (QED) is 0.630. The van der Waals surface area contributed by atoms with Crippen molar-refractivity contribution in [2.45, 2.75) is 25.7 Å². The summed E-state index contributed by atoms with van der Waals surface area (Å²) in [7, 11) is 3.16. The lowest BCUT2D eigenvalue weighted by atomic mass is 10.1. The molecule has 1 aromatic carbocycles. The van der Waals surface area contributed by atoms with Crippen molar-refractivity contribution in [3.05, 3.63) is 41.2 Å². The highest BCUT2D eigenvalue weighted by Crippen LogP contribution is 2.38. The first-order valence-corrected chi connectivity index (χ1v) is 7.74. The third kappa shape index (κ3) is 3.40. The van der Waals surface area contributed by atoms with Crippen molar-refractivity contribution in [2.75, 3.05) is 14.2 Å². The van der Waals surface area contributed by atoms with Gasteiger partial charge in [-0.3, -0.25) is 9.89 Å². The number of hydrogen-bond acceptors (Lipinski definition) is 5. The summed E-state index contributed by atoms with van der Waals surface area (Å²) in [6.07, 6.45) is 2.31. The number of methoxy groups -OCH3 is 2. The number of hydrogen-bond donors (Lipinski definition) is 2. The van der Waals surface area contributed by atoms with Gasteiger partial charge in [-0.2, -0.15) is 10.2 Å².